The van der Waals surface area contributed by atoms with Gasteiger partial charge in [-0.05, 0) is 49.4 Å². The molecule has 0 atom stereocenters. The van der Waals surface area contributed by atoms with Crippen molar-refractivity contribution in [3.8, 4) is 28.6 Å². The van der Waals surface area contributed by atoms with Crippen LogP contribution in [0.3, 0.4) is 0 Å². The lowest BCUT2D eigenvalue weighted by Crippen LogP contribution is -2.16. The van der Waals surface area contributed by atoms with E-state index < -0.39 is 0 Å². The van der Waals surface area contributed by atoms with Crippen molar-refractivity contribution in [2.75, 3.05) is 17.9 Å². The van der Waals surface area contributed by atoms with Gasteiger partial charge in [-0.1, -0.05) is 42.1 Å². The van der Waals surface area contributed by atoms with E-state index in [-0.39, 0.29) is 24.2 Å². The molecule has 0 unspecified atom stereocenters. The molecule has 2 heterocycles. The summed E-state index contributed by atoms with van der Waals surface area (Å²) in [5.41, 5.74) is 2.64. The minimum atomic E-state index is -0.244. The second-order valence-corrected chi connectivity index (χ2v) is 8.43. The fourth-order valence-electron chi connectivity index (χ4n) is 3.61. The van der Waals surface area contributed by atoms with Crippen LogP contribution < -0.4 is 14.8 Å². The third kappa shape index (κ3) is 4.38. The number of thioether (sulfide) groups is 1. The van der Waals surface area contributed by atoms with Gasteiger partial charge in [0.2, 0.25) is 12.7 Å². The summed E-state index contributed by atoms with van der Waals surface area (Å²) in [6.07, 6.45) is 0. The zero-order valence-corrected chi connectivity index (χ0v) is 19.0. The predicted octanol–water partition coefficient (Wildman–Crippen LogP) is 4.60. The minimum absolute atomic E-state index is 0.0956. The van der Waals surface area contributed by atoms with Gasteiger partial charge in [-0.3, -0.25) is 14.2 Å². The fourth-order valence-corrected chi connectivity index (χ4v) is 4.36. The molecule has 9 heteroatoms. The number of para-hydroxylation sites is 2. The average molecular weight is 473 g/mol. The topological polar surface area (TPSA) is 95.3 Å². The van der Waals surface area contributed by atoms with Gasteiger partial charge in [-0.2, -0.15) is 0 Å². The molecule has 34 heavy (non-hydrogen) atoms. The Balaban J connectivity index is 1.41. The lowest BCUT2D eigenvalue weighted by Gasteiger charge is -2.11. The Kier molecular flexibility index (Phi) is 6.01. The Morgan fingerprint density at radius 3 is 2.56 bits per heavy atom. The highest BCUT2D eigenvalue weighted by molar-refractivity contribution is 7.99. The van der Waals surface area contributed by atoms with E-state index in [4.69, 9.17) is 9.47 Å². The van der Waals surface area contributed by atoms with E-state index in [2.05, 4.69) is 15.5 Å². The molecule has 0 saturated carbocycles. The lowest BCUT2D eigenvalue weighted by molar-refractivity contribution is -0.113. The third-order valence-corrected chi connectivity index (χ3v) is 6.12. The van der Waals surface area contributed by atoms with Crippen molar-refractivity contribution in [1.29, 1.82) is 0 Å². The molecule has 0 bridgehead atoms. The van der Waals surface area contributed by atoms with Crippen molar-refractivity contribution >= 4 is 29.1 Å². The maximum atomic E-state index is 12.7. The molecule has 0 saturated heterocycles. The van der Waals surface area contributed by atoms with E-state index in [1.54, 1.807) is 24.3 Å². The molecule has 1 aromatic heterocycles. The number of ether oxygens (including phenoxy) is 2. The normalized spacial score (nSPS) is 11.9. The largest absolute Gasteiger partial charge is 0.454 e. The van der Waals surface area contributed by atoms with E-state index in [0.29, 0.717) is 33.7 Å². The number of anilines is 1. The molecule has 3 aromatic carbocycles. The quantitative estimate of drug-likeness (QED) is 0.310. The molecule has 0 aliphatic carbocycles. The third-order valence-electron chi connectivity index (χ3n) is 5.19. The van der Waals surface area contributed by atoms with E-state index in [9.17, 15) is 9.59 Å². The number of benzene rings is 3. The van der Waals surface area contributed by atoms with Crippen LogP contribution in [0.15, 0.2) is 78.0 Å². The number of fused-ring (bicyclic) bond motifs is 1. The number of rotatable bonds is 7. The number of hydrogen-bond donors (Lipinski definition) is 1. The van der Waals surface area contributed by atoms with Gasteiger partial charge in [0.15, 0.2) is 28.3 Å². The van der Waals surface area contributed by atoms with Crippen molar-refractivity contribution < 1.29 is 19.1 Å². The molecule has 0 fully saturated rings. The highest BCUT2D eigenvalue weighted by Gasteiger charge is 2.21. The van der Waals surface area contributed by atoms with Crippen LogP contribution in [0, 0.1) is 0 Å². The number of aromatic nitrogens is 3. The zero-order valence-electron chi connectivity index (χ0n) is 18.2. The van der Waals surface area contributed by atoms with Crippen LogP contribution in [0.2, 0.25) is 0 Å². The molecule has 0 radical (unpaired) electrons. The van der Waals surface area contributed by atoms with Crippen molar-refractivity contribution in [3.05, 3.63) is 78.4 Å². The predicted molar refractivity (Wildman–Crippen MR) is 129 cm³/mol. The maximum absolute atomic E-state index is 12.7. The van der Waals surface area contributed by atoms with E-state index in [1.165, 1.54) is 18.7 Å². The van der Waals surface area contributed by atoms with Gasteiger partial charge in [0.25, 0.3) is 0 Å². The first-order valence-electron chi connectivity index (χ1n) is 10.5. The first kappa shape index (κ1) is 21.7. The fraction of sp³-hybridized carbons (Fsp3) is 0.120. The smallest absolute Gasteiger partial charge is 0.234 e. The Bertz CT molecular complexity index is 1370. The molecular weight excluding hydrogens is 452 g/mol. The molecule has 4 aromatic rings. The monoisotopic (exact) mass is 472 g/mol. The summed E-state index contributed by atoms with van der Waals surface area (Å²) < 4.78 is 12.8. The van der Waals surface area contributed by atoms with Crippen molar-refractivity contribution in [2.24, 2.45) is 0 Å². The van der Waals surface area contributed by atoms with Crippen LogP contribution in [-0.4, -0.2) is 39.0 Å². The number of nitrogens with zero attached hydrogens (tertiary/aromatic N) is 3. The van der Waals surface area contributed by atoms with Crippen molar-refractivity contribution in [1.82, 2.24) is 14.8 Å². The average Bonchev–Trinajstić information content (AvgIpc) is 3.50. The van der Waals surface area contributed by atoms with E-state index in [0.717, 1.165) is 11.3 Å². The van der Waals surface area contributed by atoms with E-state index in [1.807, 2.05) is 53.1 Å². The van der Waals surface area contributed by atoms with Gasteiger partial charge in [0, 0.05) is 16.8 Å². The van der Waals surface area contributed by atoms with Crippen molar-refractivity contribution in [2.45, 2.75) is 12.1 Å². The molecule has 1 aliphatic heterocycles. The second kappa shape index (κ2) is 9.40. The number of nitrogens with one attached hydrogen (secondary N) is 1. The van der Waals surface area contributed by atoms with Gasteiger partial charge in [-0.15, -0.1) is 10.2 Å². The summed E-state index contributed by atoms with van der Waals surface area (Å²) in [6.45, 7) is 1.66. The summed E-state index contributed by atoms with van der Waals surface area (Å²) in [7, 11) is 0. The van der Waals surface area contributed by atoms with Gasteiger partial charge >= 0.3 is 0 Å². The first-order valence-corrected chi connectivity index (χ1v) is 11.5. The Labute approximate surface area is 199 Å². The van der Waals surface area contributed by atoms with Crippen LogP contribution in [-0.2, 0) is 4.79 Å². The number of carbonyl (C=O) groups excluding carboxylic acids is 2. The van der Waals surface area contributed by atoms with Gasteiger partial charge in [0.1, 0.15) is 0 Å². The minimum Gasteiger partial charge on any atom is -0.454 e. The molecule has 8 nitrogen and oxygen atoms in total. The van der Waals surface area contributed by atoms with Crippen LogP contribution in [0.5, 0.6) is 11.5 Å². The Morgan fingerprint density at radius 2 is 1.74 bits per heavy atom. The summed E-state index contributed by atoms with van der Waals surface area (Å²) >= 11 is 1.26. The maximum Gasteiger partial charge on any atom is 0.234 e. The summed E-state index contributed by atoms with van der Waals surface area (Å²) in [4.78, 5) is 24.5. The van der Waals surface area contributed by atoms with E-state index >= 15 is 0 Å². The molecule has 1 aliphatic rings. The summed E-state index contributed by atoms with van der Waals surface area (Å²) in [5, 5.41) is 12.1. The standard InChI is InChI=1S/C25H20N4O4S/c1-16(30)19-9-5-6-10-20(19)26-23(31)14-34-25-28-27-24(29(25)18-7-3-2-4-8-18)17-11-12-21-22(13-17)33-15-32-21/h2-13H,14-15H2,1H3,(H,26,31). The molecule has 5 rings (SSSR count). The van der Waals surface area contributed by atoms with Crippen molar-refractivity contribution in [3.63, 3.8) is 0 Å². The number of hydrogen-bond acceptors (Lipinski definition) is 7. The SMILES string of the molecule is CC(=O)c1ccccc1NC(=O)CSc1nnc(-c2ccc3c(c2)OCO3)n1-c1ccccc1. The first-order chi connectivity index (χ1) is 16.6. The molecule has 170 valence electrons. The molecular formula is C25H20N4O4S. The Hall–Kier alpha value is -4.11. The lowest BCUT2D eigenvalue weighted by atomic mass is 10.1. The number of ketones is 1. The summed E-state index contributed by atoms with van der Waals surface area (Å²) in [6, 6.07) is 22.2. The highest BCUT2D eigenvalue weighted by Crippen LogP contribution is 2.37. The number of Topliss-reactive ketones (excluding diaryl/α,β-unsaturated/α-hetero) is 1. The zero-order chi connectivity index (χ0) is 23.5. The summed E-state index contributed by atoms with van der Waals surface area (Å²) in [5.74, 6) is 1.70. The number of carbonyl (C=O) groups is 2. The van der Waals surface area contributed by atoms with Gasteiger partial charge in [-0.25, -0.2) is 0 Å². The van der Waals surface area contributed by atoms with Crippen LogP contribution >= 0.6 is 11.8 Å². The second-order valence-electron chi connectivity index (χ2n) is 7.48. The Morgan fingerprint density at radius 1 is 0.971 bits per heavy atom. The molecule has 0 spiro atoms. The molecule has 1 amide bonds. The van der Waals surface area contributed by atoms with Gasteiger partial charge in [0.05, 0.1) is 11.4 Å². The van der Waals surface area contributed by atoms with Crippen LogP contribution in [0.1, 0.15) is 17.3 Å². The van der Waals surface area contributed by atoms with Crippen LogP contribution in [0.25, 0.3) is 17.1 Å². The highest BCUT2D eigenvalue weighted by atomic mass is 32.2. The molecule has 1 N–H and O–H groups in total. The number of amides is 1. The van der Waals surface area contributed by atoms with Crippen LogP contribution in [0.4, 0.5) is 5.69 Å². The van der Waals surface area contributed by atoms with Gasteiger partial charge < -0.3 is 14.8 Å².